The van der Waals surface area contributed by atoms with Crippen molar-refractivity contribution in [2.45, 2.75) is 13.8 Å². The zero-order valence-electron chi connectivity index (χ0n) is 7.81. The molecule has 0 saturated heterocycles. The summed E-state index contributed by atoms with van der Waals surface area (Å²) in [7, 11) is 0. The van der Waals surface area contributed by atoms with Gasteiger partial charge in [-0.25, -0.2) is 0 Å². The van der Waals surface area contributed by atoms with Crippen LogP contribution in [0.25, 0.3) is 0 Å². The summed E-state index contributed by atoms with van der Waals surface area (Å²) in [6, 6.07) is 4.58. The van der Waals surface area contributed by atoms with Crippen molar-refractivity contribution in [1.82, 2.24) is 0 Å². The maximum Gasteiger partial charge on any atom is 0.314 e. The normalized spacial score (nSPS) is 9.57. The average molecular weight is 195 g/mol. The number of rotatable bonds is 2. The van der Waals surface area contributed by atoms with Gasteiger partial charge in [0.1, 0.15) is 0 Å². The first-order valence-corrected chi connectivity index (χ1v) is 3.95. The fourth-order valence-electron chi connectivity index (χ4n) is 1.10. The third-order valence-electron chi connectivity index (χ3n) is 1.64. The van der Waals surface area contributed by atoms with Crippen LogP contribution in [0.5, 0.6) is 5.75 Å². The standard InChI is InChI=1S/C9H9NO4/c1-6-4-3-5-8(14-7(2)11)9(6)10(12)13/h3-5H,1-2H3. The van der Waals surface area contributed by atoms with E-state index in [2.05, 4.69) is 0 Å². The third kappa shape index (κ3) is 2.07. The Hall–Kier alpha value is -1.91. The predicted molar refractivity (Wildman–Crippen MR) is 49.1 cm³/mol. The topological polar surface area (TPSA) is 69.4 Å². The molecule has 0 aromatic heterocycles. The third-order valence-corrected chi connectivity index (χ3v) is 1.64. The first-order valence-electron chi connectivity index (χ1n) is 3.95. The van der Waals surface area contributed by atoms with Gasteiger partial charge in [-0.3, -0.25) is 14.9 Å². The first-order chi connectivity index (χ1) is 6.52. The lowest BCUT2D eigenvalue weighted by Crippen LogP contribution is -2.04. The van der Waals surface area contributed by atoms with Gasteiger partial charge in [0, 0.05) is 12.5 Å². The Morgan fingerprint density at radius 2 is 2.14 bits per heavy atom. The van der Waals surface area contributed by atoms with Gasteiger partial charge < -0.3 is 4.74 Å². The van der Waals surface area contributed by atoms with E-state index in [0.717, 1.165) is 0 Å². The lowest BCUT2D eigenvalue weighted by molar-refractivity contribution is -0.386. The number of esters is 1. The van der Waals surface area contributed by atoms with Crippen molar-refractivity contribution < 1.29 is 14.5 Å². The van der Waals surface area contributed by atoms with Gasteiger partial charge in [-0.2, -0.15) is 0 Å². The molecule has 0 N–H and O–H groups in total. The molecule has 1 aromatic rings. The van der Waals surface area contributed by atoms with Gasteiger partial charge >= 0.3 is 11.7 Å². The Bertz CT molecular complexity index is 386. The van der Waals surface area contributed by atoms with Crippen LogP contribution in [0.2, 0.25) is 0 Å². The fourth-order valence-corrected chi connectivity index (χ4v) is 1.10. The van der Waals surface area contributed by atoms with E-state index in [1.807, 2.05) is 0 Å². The molecule has 0 radical (unpaired) electrons. The highest BCUT2D eigenvalue weighted by atomic mass is 16.6. The number of carbonyl (C=O) groups is 1. The monoisotopic (exact) mass is 195 g/mol. The van der Waals surface area contributed by atoms with Gasteiger partial charge in [0.15, 0.2) is 0 Å². The minimum absolute atomic E-state index is 0.0116. The van der Waals surface area contributed by atoms with Crippen LogP contribution in [0, 0.1) is 17.0 Å². The van der Waals surface area contributed by atoms with Gasteiger partial charge in [0.2, 0.25) is 5.75 Å². The van der Waals surface area contributed by atoms with Crippen molar-refractivity contribution in [3.05, 3.63) is 33.9 Å². The Balaban J connectivity index is 3.21. The molecule has 0 spiro atoms. The summed E-state index contributed by atoms with van der Waals surface area (Å²) in [5, 5.41) is 10.6. The van der Waals surface area contributed by atoms with Crippen LogP contribution in [0.1, 0.15) is 12.5 Å². The van der Waals surface area contributed by atoms with Crippen molar-refractivity contribution in [2.75, 3.05) is 0 Å². The number of hydrogen-bond donors (Lipinski definition) is 0. The molecule has 0 bridgehead atoms. The van der Waals surface area contributed by atoms with E-state index in [1.54, 1.807) is 19.1 Å². The molecule has 0 amide bonds. The summed E-state index contributed by atoms with van der Waals surface area (Å²) < 4.78 is 4.71. The fraction of sp³-hybridized carbons (Fsp3) is 0.222. The summed E-state index contributed by atoms with van der Waals surface area (Å²) >= 11 is 0. The number of nitro groups is 1. The molecule has 14 heavy (non-hydrogen) atoms. The molecule has 0 aliphatic heterocycles. The van der Waals surface area contributed by atoms with Crippen LogP contribution in [0.3, 0.4) is 0 Å². The van der Waals surface area contributed by atoms with E-state index in [9.17, 15) is 14.9 Å². The van der Waals surface area contributed by atoms with Crippen molar-refractivity contribution in [2.24, 2.45) is 0 Å². The molecule has 0 atom stereocenters. The number of aryl methyl sites for hydroxylation is 1. The van der Waals surface area contributed by atoms with E-state index < -0.39 is 10.9 Å². The van der Waals surface area contributed by atoms with Gasteiger partial charge in [-0.15, -0.1) is 0 Å². The second-order valence-electron chi connectivity index (χ2n) is 2.77. The largest absolute Gasteiger partial charge is 0.419 e. The second-order valence-corrected chi connectivity index (χ2v) is 2.77. The van der Waals surface area contributed by atoms with Crippen molar-refractivity contribution in [3.8, 4) is 5.75 Å². The number of nitro benzene ring substituents is 1. The molecule has 1 rings (SSSR count). The first kappa shape index (κ1) is 10.2. The van der Waals surface area contributed by atoms with Gasteiger partial charge in [-0.05, 0) is 13.0 Å². The maximum atomic E-state index is 10.7. The van der Waals surface area contributed by atoms with Crippen molar-refractivity contribution in [3.63, 3.8) is 0 Å². The molecular weight excluding hydrogens is 186 g/mol. The Labute approximate surface area is 80.5 Å². The van der Waals surface area contributed by atoms with Gasteiger partial charge in [0.25, 0.3) is 0 Å². The van der Waals surface area contributed by atoms with Gasteiger partial charge in [0.05, 0.1) is 4.92 Å². The highest BCUT2D eigenvalue weighted by Gasteiger charge is 2.18. The van der Waals surface area contributed by atoms with Crippen molar-refractivity contribution >= 4 is 11.7 Å². The highest BCUT2D eigenvalue weighted by Crippen LogP contribution is 2.29. The quantitative estimate of drug-likeness (QED) is 0.312. The lowest BCUT2D eigenvalue weighted by Gasteiger charge is -2.03. The van der Waals surface area contributed by atoms with Crippen LogP contribution < -0.4 is 4.74 Å². The summed E-state index contributed by atoms with van der Waals surface area (Å²) in [4.78, 5) is 20.7. The van der Waals surface area contributed by atoms with E-state index in [-0.39, 0.29) is 11.4 Å². The molecule has 0 aliphatic rings. The van der Waals surface area contributed by atoms with Crippen molar-refractivity contribution in [1.29, 1.82) is 0 Å². The van der Waals surface area contributed by atoms with Gasteiger partial charge in [-0.1, -0.05) is 12.1 Å². The minimum Gasteiger partial charge on any atom is -0.419 e. The highest BCUT2D eigenvalue weighted by molar-refractivity contribution is 5.71. The zero-order chi connectivity index (χ0) is 10.7. The summed E-state index contributed by atoms with van der Waals surface area (Å²) in [6.07, 6.45) is 0. The van der Waals surface area contributed by atoms with E-state index in [4.69, 9.17) is 4.74 Å². The SMILES string of the molecule is CC(=O)Oc1cccc(C)c1[N+](=O)[O-]. The van der Waals surface area contributed by atoms with E-state index >= 15 is 0 Å². The van der Waals surface area contributed by atoms with Crippen LogP contribution in [-0.4, -0.2) is 10.9 Å². The molecule has 0 unspecified atom stereocenters. The smallest absolute Gasteiger partial charge is 0.314 e. The summed E-state index contributed by atoms with van der Waals surface area (Å²) in [5.41, 5.74) is 0.302. The number of para-hydroxylation sites is 1. The predicted octanol–water partition coefficient (Wildman–Crippen LogP) is 1.83. The molecule has 0 saturated carbocycles. The summed E-state index contributed by atoms with van der Waals surface area (Å²) in [6.45, 7) is 2.79. The minimum atomic E-state index is -0.571. The molecular formula is C9H9NO4. The number of nitrogens with zero attached hydrogens (tertiary/aromatic N) is 1. The molecule has 0 fully saturated rings. The molecule has 0 aliphatic carbocycles. The summed E-state index contributed by atoms with van der Waals surface area (Å²) in [5.74, 6) is -0.582. The maximum absolute atomic E-state index is 10.7. The Morgan fingerprint density at radius 3 is 2.64 bits per heavy atom. The molecule has 1 aromatic carbocycles. The van der Waals surface area contributed by atoms with Crippen LogP contribution in [0.15, 0.2) is 18.2 Å². The van der Waals surface area contributed by atoms with Crippen LogP contribution in [-0.2, 0) is 4.79 Å². The van der Waals surface area contributed by atoms with Crippen LogP contribution >= 0.6 is 0 Å². The second kappa shape index (κ2) is 3.87. The number of benzene rings is 1. The Morgan fingerprint density at radius 1 is 1.50 bits per heavy atom. The molecule has 0 heterocycles. The van der Waals surface area contributed by atoms with E-state index in [1.165, 1.54) is 13.0 Å². The number of hydrogen-bond acceptors (Lipinski definition) is 4. The molecule has 5 heteroatoms. The molecule has 5 nitrogen and oxygen atoms in total. The average Bonchev–Trinajstić information content (AvgIpc) is 2.01. The number of carbonyl (C=O) groups excluding carboxylic acids is 1. The number of ether oxygens (including phenoxy) is 1. The Kier molecular flexibility index (Phi) is 2.81. The van der Waals surface area contributed by atoms with E-state index in [0.29, 0.717) is 5.56 Å². The zero-order valence-corrected chi connectivity index (χ0v) is 7.81. The lowest BCUT2D eigenvalue weighted by atomic mass is 10.2. The van der Waals surface area contributed by atoms with Crippen LogP contribution in [0.4, 0.5) is 5.69 Å². The molecule has 74 valence electrons.